The van der Waals surface area contributed by atoms with Gasteiger partial charge in [-0.05, 0) is 37.3 Å². The summed E-state index contributed by atoms with van der Waals surface area (Å²) in [5.41, 5.74) is 2.49. The van der Waals surface area contributed by atoms with Crippen molar-refractivity contribution in [3.05, 3.63) is 59.9 Å². The van der Waals surface area contributed by atoms with Crippen LogP contribution in [0.4, 0.5) is 0 Å². The molecule has 2 aromatic carbocycles. The number of imidazole rings is 1. The highest BCUT2D eigenvalue weighted by molar-refractivity contribution is 5.94. The summed E-state index contributed by atoms with van der Waals surface area (Å²) in [7, 11) is 3.25. The first-order valence-corrected chi connectivity index (χ1v) is 8.53. The summed E-state index contributed by atoms with van der Waals surface area (Å²) in [6, 6.07) is 14.8. The van der Waals surface area contributed by atoms with Crippen LogP contribution in [0.3, 0.4) is 0 Å². The van der Waals surface area contributed by atoms with E-state index in [1.54, 1.807) is 32.4 Å². The van der Waals surface area contributed by atoms with E-state index >= 15 is 0 Å². The summed E-state index contributed by atoms with van der Waals surface area (Å²) >= 11 is 0. The summed E-state index contributed by atoms with van der Waals surface area (Å²) in [4.78, 5) is 17.3. The van der Waals surface area contributed by atoms with E-state index < -0.39 is 0 Å². The van der Waals surface area contributed by atoms with Crippen LogP contribution in [-0.2, 0) is 11.3 Å². The zero-order valence-corrected chi connectivity index (χ0v) is 15.2. The number of rotatable bonds is 7. The number of fused-ring (bicyclic) bond motifs is 1. The standard InChI is InChI=1S/C20H23N3O3/c1-14(21-20(24)15-7-6-8-16(13-15)26-3)19-22-17-9-4-5-10-18(17)23(19)11-12-25-2/h4-10,13-14H,11-12H2,1-3H3,(H,21,24). The molecule has 136 valence electrons. The lowest BCUT2D eigenvalue weighted by molar-refractivity contribution is 0.0937. The van der Waals surface area contributed by atoms with Gasteiger partial charge in [-0.25, -0.2) is 4.98 Å². The van der Waals surface area contributed by atoms with E-state index in [0.29, 0.717) is 24.5 Å². The Labute approximate surface area is 152 Å². The maximum Gasteiger partial charge on any atom is 0.251 e. The third-order valence-corrected chi connectivity index (χ3v) is 4.27. The lowest BCUT2D eigenvalue weighted by atomic mass is 10.2. The molecule has 26 heavy (non-hydrogen) atoms. The molecule has 0 aliphatic rings. The molecule has 0 bridgehead atoms. The van der Waals surface area contributed by atoms with E-state index in [-0.39, 0.29) is 11.9 Å². The number of nitrogens with zero attached hydrogens (tertiary/aromatic N) is 2. The van der Waals surface area contributed by atoms with E-state index in [9.17, 15) is 4.79 Å². The molecule has 1 aromatic heterocycles. The topological polar surface area (TPSA) is 65.4 Å². The minimum absolute atomic E-state index is 0.165. The van der Waals surface area contributed by atoms with Crippen LogP contribution in [0.25, 0.3) is 11.0 Å². The van der Waals surface area contributed by atoms with Gasteiger partial charge in [0.05, 0.1) is 30.8 Å². The van der Waals surface area contributed by atoms with E-state index in [0.717, 1.165) is 16.9 Å². The number of methoxy groups -OCH3 is 2. The number of amides is 1. The Balaban J connectivity index is 1.86. The highest BCUT2D eigenvalue weighted by atomic mass is 16.5. The molecule has 6 heteroatoms. The van der Waals surface area contributed by atoms with Gasteiger partial charge < -0.3 is 19.4 Å². The third-order valence-electron chi connectivity index (χ3n) is 4.27. The van der Waals surface area contributed by atoms with Gasteiger partial charge in [-0.15, -0.1) is 0 Å². The minimum Gasteiger partial charge on any atom is -0.497 e. The Morgan fingerprint density at radius 3 is 2.77 bits per heavy atom. The van der Waals surface area contributed by atoms with Crippen LogP contribution in [0.1, 0.15) is 29.1 Å². The van der Waals surface area contributed by atoms with Crippen molar-refractivity contribution in [1.82, 2.24) is 14.9 Å². The Bertz CT molecular complexity index is 904. The predicted octanol–water partition coefficient (Wildman–Crippen LogP) is 3.18. The smallest absolute Gasteiger partial charge is 0.251 e. The van der Waals surface area contributed by atoms with Crippen LogP contribution in [0.15, 0.2) is 48.5 Å². The fourth-order valence-electron chi connectivity index (χ4n) is 2.95. The molecule has 3 aromatic rings. The molecule has 0 fully saturated rings. The van der Waals surface area contributed by atoms with Crippen molar-refractivity contribution < 1.29 is 14.3 Å². The molecule has 1 unspecified atom stereocenters. The molecule has 0 aliphatic heterocycles. The second-order valence-electron chi connectivity index (χ2n) is 6.03. The molecule has 0 aliphatic carbocycles. The SMILES string of the molecule is COCCn1c(C(C)NC(=O)c2cccc(OC)c2)nc2ccccc21. The van der Waals surface area contributed by atoms with Gasteiger partial charge in [-0.1, -0.05) is 18.2 Å². The third kappa shape index (κ3) is 3.70. The number of hydrogen-bond donors (Lipinski definition) is 1. The minimum atomic E-state index is -0.252. The summed E-state index contributed by atoms with van der Waals surface area (Å²) in [5, 5.41) is 3.02. The normalized spacial score (nSPS) is 12.1. The lowest BCUT2D eigenvalue weighted by Crippen LogP contribution is -2.29. The zero-order chi connectivity index (χ0) is 18.5. The van der Waals surface area contributed by atoms with Crippen molar-refractivity contribution in [3.8, 4) is 5.75 Å². The number of para-hydroxylation sites is 2. The molecular weight excluding hydrogens is 330 g/mol. The molecule has 3 rings (SSSR count). The van der Waals surface area contributed by atoms with Crippen LogP contribution < -0.4 is 10.1 Å². The molecule has 0 saturated carbocycles. The second-order valence-corrected chi connectivity index (χ2v) is 6.03. The molecule has 0 saturated heterocycles. The molecule has 0 radical (unpaired) electrons. The molecule has 1 N–H and O–H groups in total. The fraction of sp³-hybridized carbons (Fsp3) is 0.300. The van der Waals surface area contributed by atoms with Gasteiger partial charge in [0.2, 0.25) is 0 Å². The van der Waals surface area contributed by atoms with Gasteiger partial charge >= 0.3 is 0 Å². The van der Waals surface area contributed by atoms with Crippen molar-refractivity contribution in [2.24, 2.45) is 0 Å². The van der Waals surface area contributed by atoms with Gasteiger partial charge in [0.15, 0.2) is 0 Å². The number of carbonyl (C=O) groups excluding carboxylic acids is 1. The maximum absolute atomic E-state index is 12.6. The van der Waals surface area contributed by atoms with E-state index in [2.05, 4.69) is 9.88 Å². The van der Waals surface area contributed by atoms with Crippen molar-refractivity contribution in [3.63, 3.8) is 0 Å². The number of ether oxygens (including phenoxy) is 2. The quantitative estimate of drug-likeness (QED) is 0.708. The second kappa shape index (κ2) is 8.01. The average molecular weight is 353 g/mol. The molecule has 0 spiro atoms. The number of aromatic nitrogens is 2. The van der Waals surface area contributed by atoms with Crippen LogP contribution in [0.5, 0.6) is 5.75 Å². The first-order chi connectivity index (χ1) is 12.6. The van der Waals surface area contributed by atoms with Crippen molar-refractivity contribution in [1.29, 1.82) is 0 Å². The van der Waals surface area contributed by atoms with Crippen molar-refractivity contribution in [2.75, 3.05) is 20.8 Å². The Morgan fingerprint density at radius 1 is 1.19 bits per heavy atom. The molecular formula is C20H23N3O3. The van der Waals surface area contributed by atoms with E-state index in [1.165, 1.54) is 0 Å². The van der Waals surface area contributed by atoms with Crippen molar-refractivity contribution >= 4 is 16.9 Å². The first kappa shape index (κ1) is 17.9. The van der Waals surface area contributed by atoms with Gasteiger partial charge in [0.1, 0.15) is 11.6 Å². The highest BCUT2D eigenvalue weighted by Gasteiger charge is 2.19. The zero-order valence-electron chi connectivity index (χ0n) is 15.2. The Hall–Kier alpha value is -2.86. The van der Waals surface area contributed by atoms with E-state index in [4.69, 9.17) is 14.5 Å². The summed E-state index contributed by atoms with van der Waals surface area (Å²) in [5.74, 6) is 1.29. The van der Waals surface area contributed by atoms with Gasteiger partial charge in [0.25, 0.3) is 5.91 Å². The number of nitrogens with one attached hydrogen (secondary N) is 1. The van der Waals surface area contributed by atoms with Gasteiger partial charge in [-0.3, -0.25) is 4.79 Å². The van der Waals surface area contributed by atoms with Crippen LogP contribution in [-0.4, -0.2) is 36.3 Å². The average Bonchev–Trinajstić information content (AvgIpc) is 3.05. The van der Waals surface area contributed by atoms with Gasteiger partial charge in [0, 0.05) is 19.2 Å². The number of benzene rings is 2. The Kier molecular flexibility index (Phi) is 5.53. The molecule has 1 heterocycles. The monoisotopic (exact) mass is 353 g/mol. The van der Waals surface area contributed by atoms with Crippen LogP contribution in [0, 0.1) is 0 Å². The van der Waals surface area contributed by atoms with Gasteiger partial charge in [-0.2, -0.15) is 0 Å². The summed E-state index contributed by atoms with van der Waals surface area (Å²) in [6.07, 6.45) is 0. The predicted molar refractivity (Wildman–Crippen MR) is 100 cm³/mol. The molecule has 6 nitrogen and oxygen atoms in total. The lowest BCUT2D eigenvalue weighted by Gasteiger charge is -2.16. The molecule has 1 amide bonds. The first-order valence-electron chi connectivity index (χ1n) is 8.53. The number of hydrogen-bond acceptors (Lipinski definition) is 4. The highest BCUT2D eigenvalue weighted by Crippen LogP contribution is 2.21. The Morgan fingerprint density at radius 2 is 2.00 bits per heavy atom. The summed E-state index contributed by atoms with van der Waals surface area (Å²) in [6.45, 7) is 3.18. The fourth-order valence-corrected chi connectivity index (χ4v) is 2.95. The van der Waals surface area contributed by atoms with Crippen LogP contribution >= 0.6 is 0 Å². The van der Waals surface area contributed by atoms with Crippen molar-refractivity contribution in [2.45, 2.75) is 19.5 Å². The molecule has 1 atom stereocenters. The van der Waals surface area contributed by atoms with Crippen LogP contribution in [0.2, 0.25) is 0 Å². The summed E-state index contributed by atoms with van der Waals surface area (Å²) < 4.78 is 12.5. The maximum atomic E-state index is 12.6. The van der Waals surface area contributed by atoms with E-state index in [1.807, 2.05) is 37.3 Å². The largest absolute Gasteiger partial charge is 0.497 e. The number of carbonyl (C=O) groups is 1.